The number of rotatable bonds is 6. The van der Waals surface area contributed by atoms with E-state index in [2.05, 4.69) is 36.2 Å². The molecule has 6 rings (SSSR count). The number of imidazole rings is 1. The minimum Gasteiger partial charge on any atom is -0.457 e. The molecular formula is C27H25N9O. The van der Waals surface area contributed by atoms with Crippen LogP contribution < -0.4 is 15.0 Å². The first-order chi connectivity index (χ1) is 18.1. The number of nitrogens with one attached hydrogen (secondary N) is 1. The van der Waals surface area contributed by atoms with Crippen molar-refractivity contribution in [3.8, 4) is 17.6 Å². The van der Waals surface area contributed by atoms with Gasteiger partial charge < -0.3 is 19.5 Å². The average molecular weight is 492 g/mol. The summed E-state index contributed by atoms with van der Waals surface area (Å²) in [5.74, 6) is 3.09. The summed E-state index contributed by atoms with van der Waals surface area (Å²) in [6.45, 7) is 3.62. The number of anilines is 3. The molecule has 37 heavy (non-hydrogen) atoms. The van der Waals surface area contributed by atoms with Crippen molar-refractivity contribution in [3.63, 3.8) is 0 Å². The molecule has 0 bridgehead atoms. The number of aromatic nitrogens is 6. The molecule has 0 unspecified atom stereocenters. The van der Waals surface area contributed by atoms with Crippen LogP contribution in [0, 0.1) is 24.2 Å². The Balaban J connectivity index is 1.23. The topological polar surface area (TPSA) is 118 Å². The highest BCUT2D eigenvalue weighted by molar-refractivity contribution is 5.87. The number of hydrogen-bond acceptors (Lipinski definition) is 9. The first-order valence-corrected chi connectivity index (χ1v) is 12.1. The van der Waals surface area contributed by atoms with Crippen LogP contribution in [0.25, 0.3) is 22.1 Å². The van der Waals surface area contributed by atoms with E-state index in [1.165, 1.54) is 6.33 Å². The predicted molar refractivity (Wildman–Crippen MR) is 141 cm³/mol. The summed E-state index contributed by atoms with van der Waals surface area (Å²) in [4.78, 5) is 24.6. The van der Waals surface area contributed by atoms with Gasteiger partial charge in [-0.05, 0) is 55.2 Å². The lowest BCUT2D eigenvalue weighted by atomic mass is 10.1. The zero-order valence-electron chi connectivity index (χ0n) is 20.6. The Morgan fingerprint density at radius 1 is 1.11 bits per heavy atom. The Morgan fingerprint density at radius 2 is 2.03 bits per heavy atom. The van der Waals surface area contributed by atoms with E-state index in [9.17, 15) is 0 Å². The zero-order valence-corrected chi connectivity index (χ0v) is 20.6. The van der Waals surface area contributed by atoms with Crippen molar-refractivity contribution >= 4 is 39.5 Å². The van der Waals surface area contributed by atoms with Gasteiger partial charge >= 0.3 is 0 Å². The highest BCUT2D eigenvalue weighted by Crippen LogP contribution is 2.31. The molecule has 4 heterocycles. The summed E-state index contributed by atoms with van der Waals surface area (Å²) in [6.07, 6.45) is 6.54. The van der Waals surface area contributed by atoms with Gasteiger partial charge in [-0.25, -0.2) is 24.9 Å². The second kappa shape index (κ2) is 9.35. The lowest BCUT2D eigenvalue weighted by molar-refractivity contribution is 0.479. The van der Waals surface area contributed by atoms with Crippen LogP contribution in [-0.2, 0) is 7.05 Å². The quantitative estimate of drug-likeness (QED) is 0.354. The van der Waals surface area contributed by atoms with E-state index >= 15 is 0 Å². The monoisotopic (exact) mass is 491 g/mol. The number of nitrogens with zero attached hydrogens (tertiary/aromatic N) is 8. The number of hydrogen-bond donors (Lipinski definition) is 1. The fourth-order valence-electron chi connectivity index (χ4n) is 4.68. The van der Waals surface area contributed by atoms with Gasteiger partial charge in [0.2, 0.25) is 5.95 Å². The van der Waals surface area contributed by atoms with Gasteiger partial charge in [-0.1, -0.05) is 0 Å². The molecule has 0 amide bonds. The molecule has 184 valence electrons. The summed E-state index contributed by atoms with van der Waals surface area (Å²) < 4.78 is 8.13. The third-order valence-corrected chi connectivity index (χ3v) is 6.68. The third-order valence-electron chi connectivity index (χ3n) is 6.68. The fourth-order valence-corrected chi connectivity index (χ4v) is 4.68. The van der Waals surface area contributed by atoms with Gasteiger partial charge in [0.25, 0.3) is 0 Å². The van der Waals surface area contributed by atoms with E-state index in [4.69, 9.17) is 15.0 Å². The molecule has 5 aromatic rings. The van der Waals surface area contributed by atoms with Gasteiger partial charge in [0.05, 0.1) is 29.6 Å². The summed E-state index contributed by atoms with van der Waals surface area (Å²) in [5, 5.41) is 12.4. The largest absolute Gasteiger partial charge is 0.457 e. The van der Waals surface area contributed by atoms with Gasteiger partial charge in [-0.2, -0.15) is 5.26 Å². The van der Waals surface area contributed by atoms with Crippen LogP contribution in [0.15, 0.2) is 55.2 Å². The van der Waals surface area contributed by atoms with Crippen molar-refractivity contribution in [2.45, 2.75) is 19.8 Å². The Bertz CT molecular complexity index is 1660. The molecule has 10 heteroatoms. The minimum absolute atomic E-state index is 0.350. The van der Waals surface area contributed by atoms with Gasteiger partial charge in [0, 0.05) is 38.3 Å². The van der Waals surface area contributed by atoms with Crippen molar-refractivity contribution in [1.82, 2.24) is 29.5 Å². The van der Waals surface area contributed by atoms with Crippen molar-refractivity contribution in [2.24, 2.45) is 13.0 Å². The smallest absolute Gasteiger partial charge is 0.226 e. The minimum atomic E-state index is 0.350. The summed E-state index contributed by atoms with van der Waals surface area (Å²) in [6, 6.07) is 14.1. The highest BCUT2D eigenvalue weighted by atomic mass is 16.5. The first-order valence-electron chi connectivity index (χ1n) is 12.1. The number of aryl methyl sites for hydroxylation is 2. The van der Waals surface area contributed by atoms with Crippen LogP contribution in [0.3, 0.4) is 0 Å². The molecule has 1 atom stereocenters. The van der Waals surface area contributed by atoms with E-state index in [-0.39, 0.29) is 0 Å². The molecule has 0 radical (unpaired) electrons. The zero-order chi connectivity index (χ0) is 25.4. The molecule has 1 fully saturated rings. The molecule has 0 saturated carbocycles. The van der Waals surface area contributed by atoms with Crippen LogP contribution in [0.1, 0.15) is 18.4 Å². The van der Waals surface area contributed by atoms with Crippen molar-refractivity contribution < 1.29 is 4.74 Å². The second-order valence-electron chi connectivity index (χ2n) is 9.30. The maximum Gasteiger partial charge on any atom is 0.226 e. The molecule has 0 spiro atoms. The van der Waals surface area contributed by atoms with E-state index in [0.29, 0.717) is 35.1 Å². The van der Waals surface area contributed by atoms with E-state index < -0.39 is 0 Å². The van der Waals surface area contributed by atoms with E-state index in [1.807, 2.05) is 54.9 Å². The predicted octanol–water partition coefficient (Wildman–Crippen LogP) is 4.89. The second-order valence-corrected chi connectivity index (χ2v) is 9.30. The van der Waals surface area contributed by atoms with Gasteiger partial charge in [-0.3, -0.25) is 0 Å². The fraction of sp³-hybridized carbons (Fsp3) is 0.259. The number of ether oxygens (including phenoxy) is 1. The molecule has 2 aromatic carbocycles. The molecule has 0 aliphatic carbocycles. The molecule has 1 N–H and O–H groups in total. The molecule has 3 aromatic heterocycles. The lowest BCUT2D eigenvalue weighted by Gasteiger charge is -2.17. The van der Waals surface area contributed by atoms with Crippen LogP contribution in [-0.4, -0.2) is 42.6 Å². The summed E-state index contributed by atoms with van der Waals surface area (Å²) >= 11 is 0. The molecular weight excluding hydrogens is 466 g/mol. The summed E-state index contributed by atoms with van der Waals surface area (Å²) in [7, 11) is 1.97. The Morgan fingerprint density at radius 3 is 2.89 bits per heavy atom. The van der Waals surface area contributed by atoms with Crippen LogP contribution in [0.5, 0.6) is 11.5 Å². The SMILES string of the molecule is Cc1cc(Nc2ncnc3cnc(N4CC[C@@H](CC#N)C4)nc23)ccc1Oc1ccc2c(c1)ncn2C. The standard InChI is InChI=1S/C27H25N9O/c1-17-11-19(3-6-24(17)37-20-4-5-23-21(12-20)32-16-35(23)2)33-26-25-22(30-15-31-26)13-29-27(34-25)36-10-8-18(14-36)7-9-28/h3-6,11-13,15-16,18H,7-8,10,14H2,1-2H3,(H,30,31,33)/t18-/m1/s1. The Hall–Kier alpha value is -4.78. The number of nitriles is 1. The normalized spacial score (nSPS) is 15.3. The van der Waals surface area contributed by atoms with Gasteiger partial charge in [-0.15, -0.1) is 0 Å². The molecule has 1 aliphatic heterocycles. The van der Waals surface area contributed by atoms with Crippen LogP contribution in [0.2, 0.25) is 0 Å². The van der Waals surface area contributed by atoms with Crippen LogP contribution in [0.4, 0.5) is 17.5 Å². The van der Waals surface area contributed by atoms with E-state index in [1.54, 1.807) is 12.5 Å². The first kappa shape index (κ1) is 22.7. The molecule has 10 nitrogen and oxygen atoms in total. The maximum atomic E-state index is 9.02. The summed E-state index contributed by atoms with van der Waals surface area (Å²) in [5.41, 5.74) is 5.09. The average Bonchev–Trinajstić information content (AvgIpc) is 3.52. The molecule has 1 aliphatic rings. The Labute approximate surface area is 213 Å². The van der Waals surface area contributed by atoms with Crippen molar-refractivity contribution in [1.29, 1.82) is 5.26 Å². The van der Waals surface area contributed by atoms with Gasteiger partial charge in [0.15, 0.2) is 5.82 Å². The van der Waals surface area contributed by atoms with Gasteiger partial charge in [0.1, 0.15) is 28.9 Å². The van der Waals surface area contributed by atoms with Crippen molar-refractivity contribution in [2.75, 3.05) is 23.3 Å². The third kappa shape index (κ3) is 4.47. The maximum absolute atomic E-state index is 9.02. The van der Waals surface area contributed by atoms with Crippen molar-refractivity contribution in [3.05, 3.63) is 60.8 Å². The van der Waals surface area contributed by atoms with Crippen LogP contribution >= 0.6 is 0 Å². The highest BCUT2D eigenvalue weighted by Gasteiger charge is 2.24. The molecule has 1 saturated heterocycles. The lowest BCUT2D eigenvalue weighted by Crippen LogP contribution is -2.22. The number of fused-ring (bicyclic) bond motifs is 2. The number of benzene rings is 2. The Kier molecular flexibility index (Phi) is 5.73. The van der Waals surface area contributed by atoms with E-state index in [0.717, 1.165) is 53.3 Å².